The second-order valence-corrected chi connectivity index (χ2v) is 12.7. The predicted molar refractivity (Wildman–Crippen MR) is 171 cm³/mol. The molecule has 1 aliphatic rings. The Kier molecular flexibility index (Phi) is 8.23. The van der Waals surface area contributed by atoms with Crippen LogP contribution in [0.25, 0.3) is 17.0 Å². The van der Waals surface area contributed by atoms with Gasteiger partial charge < -0.3 is 9.30 Å². The zero-order valence-electron chi connectivity index (χ0n) is 23.0. The van der Waals surface area contributed by atoms with Crippen molar-refractivity contribution in [2.24, 2.45) is 4.99 Å². The maximum atomic E-state index is 14.1. The van der Waals surface area contributed by atoms with Crippen molar-refractivity contribution in [3.63, 3.8) is 0 Å². The van der Waals surface area contributed by atoms with Crippen molar-refractivity contribution in [1.29, 1.82) is 0 Å². The fraction of sp³-hybridized carbons (Fsp3) is 0.219. The number of carbonyl (C=O) groups is 1. The fourth-order valence-corrected chi connectivity index (χ4v) is 7.49. The first kappa shape index (κ1) is 28.7. The molecule has 0 bridgehead atoms. The van der Waals surface area contributed by atoms with Crippen LogP contribution in [-0.2, 0) is 16.1 Å². The number of aromatic nitrogens is 2. The van der Waals surface area contributed by atoms with E-state index in [2.05, 4.69) is 29.8 Å². The third-order valence-corrected chi connectivity index (χ3v) is 9.79. The summed E-state index contributed by atoms with van der Waals surface area (Å²) in [7, 11) is 0. The summed E-state index contributed by atoms with van der Waals surface area (Å²) in [4.78, 5) is 33.7. The maximum Gasteiger partial charge on any atom is 0.338 e. The molecule has 2 aromatic carbocycles. The summed E-state index contributed by atoms with van der Waals surface area (Å²) in [6.45, 7) is 4.67. The van der Waals surface area contributed by atoms with E-state index >= 15 is 0 Å². The van der Waals surface area contributed by atoms with Gasteiger partial charge in [-0.25, -0.2) is 9.79 Å². The van der Waals surface area contributed by atoms with Gasteiger partial charge in [0, 0.05) is 34.1 Å². The number of ether oxygens (including phenoxy) is 1. The van der Waals surface area contributed by atoms with Crippen LogP contribution >= 0.6 is 45.9 Å². The highest BCUT2D eigenvalue weighted by atomic mass is 35.5. The molecule has 42 heavy (non-hydrogen) atoms. The Morgan fingerprint density at radius 1 is 1.10 bits per heavy atom. The van der Waals surface area contributed by atoms with E-state index in [-0.39, 0.29) is 12.2 Å². The Bertz CT molecular complexity index is 2020. The molecular weight excluding hydrogens is 609 g/mol. The number of carbonyl (C=O) groups excluding carboxylic acids is 1. The number of hydrogen-bond donors (Lipinski definition) is 0. The van der Waals surface area contributed by atoms with Crippen molar-refractivity contribution < 1.29 is 9.53 Å². The van der Waals surface area contributed by atoms with Crippen LogP contribution in [0.2, 0.25) is 10.0 Å². The third kappa shape index (κ3) is 5.28. The van der Waals surface area contributed by atoms with E-state index in [1.54, 1.807) is 17.6 Å². The molecule has 0 saturated carbocycles. The first-order chi connectivity index (χ1) is 20.4. The Morgan fingerprint density at radius 3 is 2.67 bits per heavy atom. The SMILES string of the molecule is CCCC1=C(C(=O)OCC)[C@@H](c2cccs2)n2c(s/c(=C/c3cn(Cc4ccc(Cl)c(Cl)c4)c4ccccc34)c2=O)=N1. The standard InChI is InChI=1S/C32H27Cl2N3O3S2/c1-3-8-24-28(31(39)40-4-2)29(26-11-7-14-41-26)37-30(38)27(42-32(37)35-24)16-20-18-36(25-10-6-5-9-21(20)25)17-19-12-13-22(33)23(34)15-19/h5-7,9-16,18,29H,3-4,8,17H2,1-2H3/b27-16+/t29-/m1/s1. The van der Waals surface area contributed by atoms with E-state index in [0.29, 0.717) is 43.6 Å². The van der Waals surface area contributed by atoms with E-state index in [0.717, 1.165) is 33.3 Å². The quantitative estimate of drug-likeness (QED) is 0.173. The first-order valence-electron chi connectivity index (χ1n) is 13.7. The molecule has 1 atom stereocenters. The van der Waals surface area contributed by atoms with Gasteiger partial charge in [-0.1, -0.05) is 78.2 Å². The normalized spacial score (nSPS) is 15.2. The molecule has 0 aliphatic carbocycles. The number of fused-ring (bicyclic) bond motifs is 2. The molecule has 6 rings (SSSR count). The lowest BCUT2D eigenvalue weighted by atomic mass is 9.99. The predicted octanol–water partition coefficient (Wildman–Crippen LogP) is 6.95. The van der Waals surface area contributed by atoms with Gasteiger partial charge in [0.15, 0.2) is 4.80 Å². The number of nitrogens with zero attached hydrogens (tertiary/aromatic N) is 3. The minimum Gasteiger partial charge on any atom is -0.463 e. The molecule has 3 aromatic heterocycles. The van der Waals surface area contributed by atoms with Crippen molar-refractivity contribution in [2.75, 3.05) is 6.61 Å². The monoisotopic (exact) mass is 635 g/mol. The number of hydrogen-bond acceptors (Lipinski definition) is 6. The third-order valence-electron chi connectivity index (χ3n) is 7.15. The van der Waals surface area contributed by atoms with Gasteiger partial charge in [-0.15, -0.1) is 11.3 Å². The van der Waals surface area contributed by atoms with E-state index in [9.17, 15) is 9.59 Å². The summed E-state index contributed by atoms with van der Waals surface area (Å²) in [6.07, 6.45) is 5.40. The molecule has 0 amide bonds. The number of esters is 1. The van der Waals surface area contributed by atoms with E-state index in [1.807, 2.05) is 47.9 Å². The van der Waals surface area contributed by atoms with Crippen LogP contribution < -0.4 is 14.9 Å². The lowest BCUT2D eigenvalue weighted by Gasteiger charge is -2.24. The molecule has 1 aliphatic heterocycles. The van der Waals surface area contributed by atoms with Gasteiger partial charge in [-0.2, -0.15) is 0 Å². The average molecular weight is 637 g/mol. The number of rotatable bonds is 8. The molecule has 0 N–H and O–H groups in total. The Hall–Kier alpha value is -3.43. The highest BCUT2D eigenvalue weighted by Gasteiger charge is 2.34. The zero-order chi connectivity index (χ0) is 29.4. The first-order valence-corrected chi connectivity index (χ1v) is 16.1. The van der Waals surface area contributed by atoms with Gasteiger partial charge in [0.05, 0.1) is 32.5 Å². The topological polar surface area (TPSA) is 65.6 Å². The molecule has 0 fully saturated rings. The number of thiazole rings is 1. The van der Waals surface area contributed by atoms with Gasteiger partial charge in [0.2, 0.25) is 0 Å². The van der Waals surface area contributed by atoms with Crippen molar-refractivity contribution in [2.45, 2.75) is 39.3 Å². The Labute approximate surface area is 260 Å². The number of halogens is 2. The van der Waals surface area contributed by atoms with Crippen molar-refractivity contribution in [1.82, 2.24) is 9.13 Å². The fourth-order valence-electron chi connectivity index (χ4n) is 5.33. The molecule has 5 aromatic rings. The average Bonchev–Trinajstić information content (AvgIpc) is 3.70. The van der Waals surface area contributed by atoms with Crippen LogP contribution in [-0.4, -0.2) is 21.7 Å². The summed E-state index contributed by atoms with van der Waals surface area (Å²) in [5, 5.41) is 4.01. The lowest BCUT2D eigenvalue weighted by molar-refractivity contribution is -0.139. The minimum atomic E-state index is -0.583. The van der Waals surface area contributed by atoms with E-state index < -0.39 is 12.0 Å². The number of benzene rings is 2. The molecule has 0 saturated heterocycles. The van der Waals surface area contributed by atoms with Gasteiger partial charge >= 0.3 is 5.97 Å². The molecule has 4 heterocycles. The largest absolute Gasteiger partial charge is 0.463 e. The van der Waals surface area contributed by atoms with Crippen LogP contribution in [0, 0.1) is 0 Å². The van der Waals surface area contributed by atoms with Crippen LogP contribution in [0.5, 0.6) is 0 Å². The lowest BCUT2D eigenvalue weighted by Crippen LogP contribution is -2.39. The van der Waals surface area contributed by atoms with Gasteiger partial charge in [0.1, 0.15) is 6.04 Å². The molecule has 0 radical (unpaired) electrons. The zero-order valence-corrected chi connectivity index (χ0v) is 26.1. The number of thiophene rings is 1. The molecule has 0 unspecified atom stereocenters. The maximum absolute atomic E-state index is 14.1. The molecule has 214 valence electrons. The summed E-state index contributed by atoms with van der Waals surface area (Å²) < 4.78 is 9.82. The van der Waals surface area contributed by atoms with Crippen molar-refractivity contribution in [3.8, 4) is 0 Å². The molecule has 6 nitrogen and oxygen atoms in total. The van der Waals surface area contributed by atoms with E-state index in [1.165, 1.54) is 22.7 Å². The van der Waals surface area contributed by atoms with E-state index in [4.69, 9.17) is 32.9 Å². The molecular formula is C32H27Cl2N3O3S2. The second kappa shape index (κ2) is 12.1. The molecule has 10 heteroatoms. The summed E-state index contributed by atoms with van der Waals surface area (Å²) >= 11 is 15.3. The number of allylic oxidation sites excluding steroid dienone is 1. The van der Waals surface area contributed by atoms with Crippen molar-refractivity contribution in [3.05, 3.63) is 123 Å². The highest BCUT2D eigenvalue weighted by molar-refractivity contribution is 7.10. The smallest absolute Gasteiger partial charge is 0.338 e. The van der Waals surface area contributed by atoms with Gasteiger partial charge in [0.25, 0.3) is 5.56 Å². The highest BCUT2D eigenvalue weighted by Crippen LogP contribution is 2.35. The molecule has 0 spiro atoms. The van der Waals surface area contributed by atoms with Crippen molar-refractivity contribution >= 4 is 68.8 Å². The van der Waals surface area contributed by atoms with Gasteiger partial charge in [-0.05, 0) is 54.6 Å². The second-order valence-electron chi connectivity index (χ2n) is 9.91. The van der Waals surface area contributed by atoms with Crippen LogP contribution in [0.1, 0.15) is 48.7 Å². The Morgan fingerprint density at radius 2 is 1.93 bits per heavy atom. The summed E-state index contributed by atoms with van der Waals surface area (Å²) in [6, 6.07) is 17.0. The summed E-state index contributed by atoms with van der Waals surface area (Å²) in [5.74, 6) is -0.428. The van der Waals surface area contributed by atoms with Gasteiger partial charge in [-0.3, -0.25) is 9.36 Å². The minimum absolute atomic E-state index is 0.184. The Balaban J connectivity index is 1.51. The van der Waals surface area contributed by atoms with Crippen LogP contribution in [0.15, 0.2) is 87.2 Å². The summed E-state index contributed by atoms with van der Waals surface area (Å²) in [5.41, 5.74) is 3.91. The van der Waals surface area contributed by atoms with Crippen LogP contribution in [0.3, 0.4) is 0 Å². The van der Waals surface area contributed by atoms with Crippen LogP contribution in [0.4, 0.5) is 0 Å². The number of para-hydroxylation sites is 1.